The molecule has 0 atom stereocenters. The van der Waals surface area contributed by atoms with Gasteiger partial charge in [-0.25, -0.2) is 0 Å². The second kappa shape index (κ2) is 8.63. The number of hydrogen-bond donors (Lipinski definition) is 2. The Morgan fingerprint density at radius 2 is 1.52 bits per heavy atom. The predicted octanol–water partition coefficient (Wildman–Crippen LogP) is 6.36. The maximum absolute atomic E-state index is 6.03. The maximum Gasteiger partial charge on any atom is 0.129 e. The van der Waals surface area contributed by atoms with E-state index in [1.807, 2.05) is 36.4 Å². The number of hydrogen-bond acceptors (Lipinski definition) is 3. The first-order valence-electron chi connectivity index (χ1n) is 7.81. The molecule has 25 heavy (non-hydrogen) atoms. The topological polar surface area (TPSA) is 21.3 Å². The van der Waals surface area contributed by atoms with Crippen molar-refractivity contribution in [1.29, 1.82) is 0 Å². The van der Waals surface area contributed by atoms with Gasteiger partial charge in [0.2, 0.25) is 0 Å². The summed E-state index contributed by atoms with van der Waals surface area (Å²) in [5.74, 6) is 1.37. The van der Waals surface area contributed by atoms with Crippen LogP contribution in [0.5, 0.6) is 11.5 Å². The van der Waals surface area contributed by atoms with Crippen molar-refractivity contribution in [3.63, 3.8) is 0 Å². The molecule has 3 aromatic carbocycles. The Morgan fingerprint density at radius 1 is 0.800 bits per heavy atom. The fourth-order valence-electron chi connectivity index (χ4n) is 2.38. The van der Waals surface area contributed by atoms with Gasteiger partial charge in [0.1, 0.15) is 11.5 Å². The minimum atomic E-state index is 0.467. The average Bonchev–Trinajstić information content (AvgIpc) is 2.62. The van der Waals surface area contributed by atoms with Crippen molar-refractivity contribution in [3.05, 3.63) is 87.9 Å². The summed E-state index contributed by atoms with van der Waals surface area (Å²) in [5, 5.41) is 4.40. The summed E-state index contributed by atoms with van der Waals surface area (Å²) in [6.45, 7) is 1.50. The van der Waals surface area contributed by atoms with E-state index in [4.69, 9.17) is 27.9 Å². The first kappa shape index (κ1) is 18.2. The van der Waals surface area contributed by atoms with Crippen molar-refractivity contribution < 1.29 is 4.74 Å². The van der Waals surface area contributed by atoms with Crippen LogP contribution in [0.1, 0.15) is 11.1 Å². The van der Waals surface area contributed by atoms with Crippen molar-refractivity contribution >= 4 is 35.8 Å². The van der Waals surface area contributed by atoms with E-state index in [1.54, 1.807) is 18.2 Å². The number of ether oxygens (including phenoxy) is 1. The zero-order chi connectivity index (χ0) is 17.6. The van der Waals surface area contributed by atoms with Gasteiger partial charge >= 0.3 is 0 Å². The van der Waals surface area contributed by atoms with Crippen molar-refractivity contribution in [2.45, 2.75) is 18.0 Å². The molecule has 0 saturated heterocycles. The number of halogens is 2. The first-order chi connectivity index (χ1) is 12.1. The van der Waals surface area contributed by atoms with Gasteiger partial charge < -0.3 is 10.1 Å². The Morgan fingerprint density at radius 3 is 2.28 bits per heavy atom. The molecule has 3 aromatic rings. The number of thiol groups is 1. The summed E-state index contributed by atoms with van der Waals surface area (Å²) in [4.78, 5) is 0.919. The highest BCUT2D eigenvalue weighted by Gasteiger charge is 2.05. The molecular formula is C20H17Cl2NOS. The minimum absolute atomic E-state index is 0.467. The number of nitrogens with one attached hydrogen (secondary N) is 1. The molecule has 0 aliphatic carbocycles. The summed E-state index contributed by atoms with van der Waals surface area (Å²) in [7, 11) is 0. The van der Waals surface area contributed by atoms with Gasteiger partial charge in [0.15, 0.2) is 0 Å². The molecule has 0 unspecified atom stereocenters. The van der Waals surface area contributed by atoms with Crippen LogP contribution in [-0.2, 0) is 13.1 Å². The molecule has 128 valence electrons. The lowest BCUT2D eigenvalue weighted by molar-refractivity contribution is 0.481. The fourth-order valence-corrected chi connectivity index (χ4v) is 2.89. The van der Waals surface area contributed by atoms with Crippen molar-refractivity contribution in [1.82, 2.24) is 5.32 Å². The molecule has 0 saturated carbocycles. The molecule has 0 aliphatic heterocycles. The molecule has 0 aromatic heterocycles. The van der Waals surface area contributed by atoms with E-state index in [-0.39, 0.29) is 0 Å². The van der Waals surface area contributed by atoms with Gasteiger partial charge in [0, 0.05) is 24.1 Å². The zero-order valence-corrected chi connectivity index (χ0v) is 15.8. The van der Waals surface area contributed by atoms with Gasteiger partial charge in [0.05, 0.1) is 10.0 Å². The lowest BCUT2D eigenvalue weighted by Crippen LogP contribution is -2.13. The Hall–Kier alpha value is -1.65. The summed E-state index contributed by atoms with van der Waals surface area (Å²) in [6, 6.07) is 21.3. The Bertz CT molecular complexity index is 856. The standard InChI is InChI=1S/C20H17Cl2NOS/c21-18-8-6-17(11-19(18)22)24-16-7-9-20(25)15(10-16)13-23-12-14-4-2-1-3-5-14/h1-11,23,25H,12-13H2. The van der Waals surface area contributed by atoms with Gasteiger partial charge in [-0.05, 0) is 41.5 Å². The highest BCUT2D eigenvalue weighted by atomic mass is 35.5. The zero-order valence-electron chi connectivity index (χ0n) is 13.4. The van der Waals surface area contributed by atoms with E-state index < -0.39 is 0 Å². The fraction of sp³-hybridized carbons (Fsp3) is 0.100. The SMILES string of the molecule is Sc1ccc(Oc2ccc(Cl)c(Cl)c2)cc1CNCc1ccccc1. The van der Waals surface area contributed by atoms with E-state index in [9.17, 15) is 0 Å². The van der Waals surface area contributed by atoms with E-state index >= 15 is 0 Å². The van der Waals surface area contributed by atoms with Crippen LogP contribution in [-0.4, -0.2) is 0 Å². The third-order valence-corrected chi connectivity index (χ3v) is 4.84. The first-order valence-corrected chi connectivity index (χ1v) is 9.01. The van der Waals surface area contributed by atoms with E-state index in [0.29, 0.717) is 22.3 Å². The number of rotatable bonds is 6. The summed E-state index contributed by atoms with van der Waals surface area (Å²) in [6.07, 6.45) is 0. The van der Waals surface area contributed by atoms with Crippen LogP contribution >= 0.6 is 35.8 Å². The van der Waals surface area contributed by atoms with Crippen molar-refractivity contribution in [2.24, 2.45) is 0 Å². The molecule has 0 fully saturated rings. The normalized spacial score (nSPS) is 10.7. The lowest BCUT2D eigenvalue weighted by atomic mass is 10.2. The van der Waals surface area contributed by atoms with Gasteiger partial charge in [-0.3, -0.25) is 0 Å². The third-order valence-electron chi connectivity index (χ3n) is 3.67. The van der Waals surface area contributed by atoms with Crippen LogP contribution < -0.4 is 10.1 Å². The van der Waals surface area contributed by atoms with Crippen LogP contribution in [0, 0.1) is 0 Å². The minimum Gasteiger partial charge on any atom is -0.457 e. The highest BCUT2D eigenvalue weighted by Crippen LogP contribution is 2.30. The van der Waals surface area contributed by atoms with Gasteiger partial charge in [-0.15, -0.1) is 12.6 Å². The Balaban J connectivity index is 1.66. The van der Waals surface area contributed by atoms with E-state index in [2.05, 4.69) is 30.1 Å². The molecule has 0 bridgehead atoms. The van der Waals surface area contributed by atoms with Crippen LogP contribution in [0.3, 0.4) is 0 Å². The molecule has 0 amide bonds. The molecule has 0 radical (unpaired) electrons. The third kappa shape index (κ3) is 5.16. The Labute approximate surface area is 163 Å². The van der Waals surface area contributed by atoms with Crippen LogP contribution in [0.4, 0.5) is 0 Å². The molecule has 0 heterocycles. The molecule has 5 heteroatoms. The highest BCUT2D eigenvalue weighted by molar-refractivity contribution is 7.80. The number of benzene rings is 3. The quantitative estimate of drug-likeness (QED) is 0.478. The monoisotopic (exact) mass is 389 g/mol. The van der Waals surface area contributed by atoms with Crippen molar-refractivity contribution in [2.75, 3.05) is 0 Å². The molecule has 0 spiro atoms. The van der Waals surface area contributed by atoms with Crippen LogP contribution in [0.25, 0.3) is 0 Å². The molecular weight excluding hydrogens is 373 g/mol. The Kier molecular flexibility index (Phi) is 6.27. The molecule has 3 rings (SSSR count). The van der Waals surface area contributed by atoms with Crippen LogP contribution in [0.2, 0.25) is 10.0 Å². The molecule has 1 N–H and O–H groups in total. The van der Waals surface area contributed by atoms with Crippen LogP contribution in [0.15, 0.2) is 71.6 Å². The summed E-state index contributed by atoms with van der Waals surface area (Å²) in [5.41, 5.74) is 2.31. The molecule has 2 nitrogen and oxygen atoms in total. The predicted molar refractivity (Wildman–Crippen MR) is 107 cm³/mol. The lowest BCUT2D eigenvalue weighted by Gasteiger charge is -2.11. The summed E-state index contributed by atoms with van der Waals surface area (Å²) >= 11 is 16.5. The second-order valence-electron chi connectivity index (χ2n) is 5.56. The second-order valence-corrected chi connectivity index (χ2v) is 6.85. The van der Waals surface area contributed by atoms with Gasteiger partial charge in [-0.1, -0.05) is 53.5 Å². The summed E-state index contributed by atoms with van der Waals surface area (Å²) < 4.78 is 5.87. The van der Waals surface area contributed by atoms with Crippen molar-refractivity contribution in [3.8, 4) is 11.5 Å². The average molecular weight is 390 g/mol. The smallest absolute Gasteiger partial charge is 0.129 e. The maximum atomic E-state index is 6.03. The van der Waals surface area contributed by atoms with E-state index in [0.717, 1.165) is 22.8 Å². The van der Waals surface area contributed by atoms with E-state index in [1.165, 1.54) is 5.56 Å². The van der Waals surface area contributed by atoms with Gasteiger partial charge in [0.25, 0.3) is 0 Å². The van der Waals surface area contributed by atoms with Gasteiger partial charge in [-0.2, -0.15) is 0 Å². The largest absolute Gasteiger partial charge is 0.457 e. The molecule has 0 aliphatic rings.